The van der Waals surface area contributed by atoms with E-state index in [-0.39, 0.29) is 11.5 Å². The maximum atomic E-state index is 6.07. The van der Waals surface area contributed by atoms with Crippen molar-refractivity contribution in [1.82, 2.24) is 5.32 Å². The molecule has 0 radical (unpaired) electrons. The molecule has 1 aromatic rings. The van der Waals surface area contributed by atoms with Gasteiger partial charge in [0, 0.05) is 19.1 Å². The van der Waals surface area contributed by atoms with Crippen LogP contribution < -0.4 is 11.1 Å². The molecule has 15 heavy (non-hydrogen) atoms. The van der Waals surface area contributed by atoms with Crippen LogP contribution in [0.25, 0.3) is 0 Å². The van der Waals surface area contributed by atoms with E-state index in [0.717, 1.165) is 13.1 Å². The third-order valence-corrected chi connectivity index (χ3v) is 3.66. The number of hydrogen-bond acceptors (Lipinski definition) is 3. The molecule has 1 rings (SSSR count). The molecule has 0 bridgehead atoms. The standard InChI is InChI=1S/C12H22N2S/c1-9-7-15-8-10(9)5-14-6-11(13)12(2,3)4/h7-8,11,14H,5-6,13H2,1-4H3. The van der Waals surface area contributed by atoms with Gasteiger partial charge in [0.25, 0.3) is 0 Å². The van der Waals surface area contributed by atoms with Gasteiger partial charge in [0.05, 0.1) is 0 Å². The first-order chi connectivity index (χ1) is 6.91. The van der Waals surface area contributed by atoms with E-state index >= 15 is 0 Å². The Labute approximate surface area is 96.9 Å². The van der Waals surface area contributed by atoms with E-state index in [1.165, 1.54) is 11.1 Å². The number of nitrogens with one attached hydrogen (secondary N) is 1. The summed E-state index contributed by atoms with van der Waals surface area (Å²) in [7, 11) is 0. The molecule has 3 heteroatoms. The number of rotatable bonds is 4. The van der Waals surface area contributed by atoms with E-state index in [1.807, 2.05) is 0 Å². The van der Waals surface area contributed by atoms with Crippen molar-refractivity contribution in [1.29, 1.82) is 0 Å². The molecule has 0 aliphatic heterocycles. The van der Waals surface area contributed by atoms with Gasteiger partial charge in [0.1, 0.15) is 0 Å². The molecule has 0 aliphatic carbocycles. The van der Waals surface area contributed by atoms with Gasteiger partial charge in [0.15, 0.2) is 0 Å². The largest absolute Gasteiger partial charge is 0.326 e. The lowest BCUT2D eigenvalue weighted by molar-refractivity contribution is 0.309. The molecule has 0 saturated carbocycles. The fourth-order valence-corrected chi connectivity index (χ4v) is 2.09. The molecule has 1 aromatic heterocycles. The van der Waals surface area contributed by atoms with Crippen LogP contribution in [-0.4, -0.2) is 12.6 Å². The number of aryl methyl sites for hydroxylation is 1. The molecular formula is C12H22N2S. The molecule has 0 saturated heterocycles. The van der Waals surface area contributed by atoms with E-state index in [9.17, 15) is 0 Å². The molecule has 3 N–H and O–H groups in total. The molecule has 86 valence electrons. The molecule has 1 heterocycles. The minimum absolute atomic E-state index is 0.177. The minimum Gasteiger partial charge on any atom is -0.326 e. The van der Waals surface area contributed by atoms with E-state index in [4.69, 9.17) is 5.73 Å². The lowest BCUT2D eigenvalue weighted by Gasteiger charge is -2.27. The zero-order valence-electron chi connectivity index (χ0n) is 10.1. The van der Waals surface area contributed by atoms with Gasteiger partial charge in [-0.2, -0.15) is 11.3 Å². The average molecular weight is 226 g/mol. The number of hydrogen-bond donors (Lipinski definition) is 2. The van der Waals surface area contributed by atoms with Gasteiger partial charge in [0.2, 0.25) is 0 Å². The quantitative estimate of drug-likeness (QED) is 0.828. The highest BCUT2D eigenvalue weighted by atomic mass is 32.1. The third kappa shape index (κ3) is 3.93. The van der Waals surface area contributed by atoms with Crippen LogP contribution in [0.5, 0.6) is 0 Å². The second kappa shape index (κ2) is 5.10. The van der Waals surface area contributed by atoms with Gasteiger partial charge in [-0.05, 0) is 34.2 Å². The molecule has 0 amide bonds. The molecule has 0 spiro atoms. The normalized spacial score (nSPS) is 14.2. The molecule has 1 atom stereocenters. The first kappa shape index (κ1) is 12.7. The summed E-state index contributed by atoms with van der Waals surface area (Å²) >= 11 is 1.76. The highest BCUT2D eigenvalue weighted by Gasteiger charge is 2.19. The average Bonchev–Trinajstić information content (AvgIpc) is 2.50. The maximum absolute atomic E-state index is 6.07. The Bertz CT molecular complexity index is 299. The summed E-state index contributed by atoms with van der Waals surface area (Å²) in [5, 5.41) is 7.80. The number of thiophene rings is 1. The highest BCUT2D eigenvalue weighted by molar-refractivity contribution is 7.08. The molecule has 0 aliphatic rings. The molecule has 1 unspecified atom stereocenters. The van der Waals surface area contributed by atoms with Crippen LogP contribution in [0.1, 0.15) is 31.9 Å². The summed E-state index contributed by atoms with van der Waals surface area (Å²) in [6, 6.07) is 0.205. The predicted molar refractivity (Wildman–Crippen MR) is 68.2 cm³/mol. The van der Waals surface area contributed by atoms with E-state index < -0.39 is 0 Å². The van der Waals surface area contributed by atoms with Crippen molar-refractivity contribution in [2.75, 3.05) is 6.54 Å². The Kier molecular flexibility index (Phi) is 4.32. The summed E-state index contributed by atoms with van der Waals surface area (Å²) in [5.41, 5.74) is 9.01. The van der Waals surface area contributed by atoms with Crippen molar-refractivity contribution in [3.05, 3.63) is 21.9 Å². The summed E-state index contributed by atoms with van der Waals surface area (Å²) in [6.07, 6.45) is 0. The Morgan fingerprint density at radius 3 is 2.53 bits per heavy atom. The van der Waals surface area contributed by atoms with Gasteiger partial charge in [-0.25, -0.2) is 0 Å². The SMILES string of the molecule is Cc1cscc1CNCC(N)C(C)(C)C. The molecule has 2 nitrogen and oxygen atoms in total. The van der Waals surface area contributed by atoms with Crippen molar-refractivity contribution in [3.8, 4) is 0 Å². The predicted octanol–water partition coefficient (Wildman–Crippen LogP) is 2.52. The Balaban J connectivity index is 2.31. The lowest BCUT2D eigenvalue weighted by Crippen LogP contribution is -2.43. The van der Waals surface area contributed by atoms with Crippen LogP contribution in [0.4, 0.5) is 0 Å². The van der Waals surface area contributed by atoms with Crippen LogP contribution in [0.15, 0.2) is 10.8 Å². The van der Waals surface area contributed by atoms with E-state index in [2.05, 4.69) is 43.8 Å². The minimum atomic E-state index is 0.177. The van der Waals surface area contributed by atoms with Crippen molar-refractivity contribution in [2.24, 2.45) is 11.1 Å². The topological polar surface area (TPSA) is 38.0 Å². The Hall–Kier alpha value is -0.380. The van der Waals surface area contributed by atoms with Crippen LogP contribution in [0.2, 0.25) is 0 Å². The van der Waals surface area contributed by atoms with Crippen LogP contribution in [0, 0.1) is 12.3 Å². The zero-order valence-corrected chi connectivity index (χ0v) is 10.9. The van der Waals surface area contributed by atoms with Gasteiger partial charge in [-0.15, -0.1) is 0 Å². The second-order valence-corrected chi connectivity index (χ2v) is 5.93. The lowest BCUT2D eigenvalue weighted by atomic mass is 9.87. The fourth-order valence-electron chi connectivity index (χ4n) is 1.24. The first-order valence-electron chi connectivity index (χ1n) is 5.39. The molecule has 0 fully saturated rings. The van der Waals surface area contributed by atoms with Gasteiger partial charge in [-0.3, -0.25) is 0 Å². The van der Waals surface area contributed by atoms with Crippen LogP contribution in [0.3, 0.4) is 0 Å². The third-order valence-electron chi connectivity index (χ3n) is 2.75. The summed E-state index contributed by atoms with van der Waals surface area (Å²) in [4.78, 5) is 0. The molecular weight excluding hydrogens is 204 g/mol. The summed E-state index contributed by atoms with van der Waals surface area (Å²) in [6.45, 7) is 10.5. The van der Waals surface area contributed by atoms with Crippen molar-refractivity contribution < 1.29 is 0 Å². The van der Waals surface area contributed by atoms with E-state index in [0.29, 0.717) is 0 Å². The first-order valence-corrected chi connectivity index (χ1v) is 6.33. The Morgan fingerprint density at radius 2 is 2.07 bits per heavy atom. The van der Waals surface area contributed by atoms with E-state index in [1.54, 1.807) is 11.3 Å². The summed E-state index contributed by atoms with van der Waals surface area (Å²) in [5.74, 6) is 0. The second-order valence-electron chi connectivity index (χ2n) is 5.18. The van der Waals surface area contributed by atoms with Crippen molar-refractivity contribution in [2.45, 2.75) is 40.3 Å². The monoisotopic (exact) mass is 226 g/mol. The Morgan fingerprint density at radius 1 is 1.40 bits per heavy atom. The fraction of sp³-hybridized carbons (Fsp3) is 0.667. The van der Waals surface area contributed by atoms with Gasteiger partial charge in [-0.1, -0.05) is 20.8 Å². The van der Waals surface area contributed by atoms with Crippen molar-refractivity contribution >= 4 is 11.3 Å². The van der Waals surface area contributed by atoms with Crippen molar-refractivity contribution in [3.63, 3.8) is 0 Å². The smallest absolute Gasteiger partial charge is 0.0217 e. The number of nitrogens with two attached hydrogens (primary N) is 1. The molecule has 0 aromatic carbocycles. The van der Waals surface area contributed by atoms with Gasteiger partial charge >= 0.3 is 0 Å². The van der Waals surface area contributed by atoms with Crippen LogP contribution in [-0.2, 0) is 6.54 Å². The maximum Gasteiger partial charge on any atom is 0.0217 e. The zero-order chi connectivity index (χ0) is 11.5. The van der Waals surface area contributed by atoms with Crippen LogP contribution >= 0.6 is 11.3 Å². The highest BCUT2D eigenvalue weighted by Crippen LogP contribution is 2.17. The van der Waals surface area contributed by atoms with Gasteiger partial charge < -0.3 is 11.1 Å². The summed E-state index contributed by atoms with van der Waals surface area (Å²) < 4.78 is 0.